The van der Waals surface area contributed by atoms with Crippen LogP contribution in [0.5, 0.6) is 11.5 Å². The van der Waals surface area contributed by atoms with Crippen LogP contribution < -0.4 is 20.3 Å². The Hall–Kier alpha value is -3.43. The molecule has 0 saturated carbocycles. The van der Waals surface area contributed by atoms with Crippen molar-refractivity contribution in [3.8, 4) is 11.5 Å². The lowest BCUT2D eigenvalue weighted by Gasteiger charge is -2.27. The number of carbonyl (C=O) groups is 1. The number of ether oxygens (including phenoxy) is 3. The highest BCUT2D eigenvalue weighted by Crippen LogP contribution is 2.30. The number of benzene rings is 2. The van der Waals surface area contributed by atoms with Crippen LogP contribution >= 0.6 is 0 Å². The number of nitrogens with zero attached hydrogens (tertiary/aromatic N) is 3. The van der Waals surface area contributed by atoms with Gasteiger partial charge in [0.2, 0.25) is 5.91 Å². The maximum Gasteiger partial charge on any atom is 0.262 e. The van der Waals surface area contributed by atoms with E-state index in [4.69, 9.17) is 19.2 Å². The van der Waals surface area contributed by atoms with Crippen LogP contribution in [0.3, 0.4) is 0 Å². The Labute approximate surface area is 191 Å². The van der Waals surface area contributed by atoms with Crippen LogP contribution in [-0.2, 0) is 29.2 Å². The van der Waals surface area contributed by atoms with Crippen molar-refractivity contribution in [3.63, 3.8) is 0 Å². The van der Waals surface area contributed by atoms with Gasteiger partial charge in [-0.05, 0) is 11.6 Å². The molecule has 1 saturated heterocycles. The number of nitrogens with one attached hydrogen (secondary N) is 1. The van der Waals surface area contributed by atoms with E-state index in [1.165, 1.54) is 18.8 Å². The highest BCUT2D eigenvalue weighted by Gasteiger charge is 2.20. The summed E-state index contributed by atoms with van der Waals surface area (Å²) in [7, 11) is 3.05. The molecule has 1 amide bonds. The second kappa shape index (κ2) is 10.5. The fourth-order valence-electron chi connectivity index (χ4n) is 3.83. The van der Waals surface area contributed by atoms with Gasteiger partial charge in [-0.2, -0.15) is 0 Å². The van der Waals surface area contributed by atoms with E-state index in [0.29, 0.717) is 54.5 Å². The molecule has 2 aromatic carbocycles. The third-order valence-electron chi connectivity index (χ3n) is 5.64. The van der Waals surface area contributed by atoms with Crippen LogP contribution in [0.2, 0.25) is 0 Å². The van der Waals surface area contributed by atoms with Gasteiger partial charge in [0.1, 0.15) is 12.4 Å². The fourth-order valence-corrected chi connectivity index (χ4v) is 3.83. The maximum atomic E-state index is 13.5. The van der Waals surface area contributed by atoms with Crippen LogP contribution in [0.1, 0.15) is 11.4 Å². The van der Waals surface area contributed by atoms with Gasteiger partial charge < -0.3 is 19.5 Å². The molecule has 0 spiro atoms. The van der Waals surface area contributed by atoms with Gasteiger partial charge in [-0.15, -0.1) is 0 Å². The van der Waals surface area contributed by atoms with E-state index in [1.54, 1.807) is 12.1 Å². The molecule has 1 aromatic heterocycles. The molecule has 0 unspecified atom stereocenters. The van der Waals surface area contributed by atoms with Gasteiger partial charge in [0.25, 0.3) is 5.56 Å². The summed E-state index contributed by atoms with van der Waals surface area (Å²) in [6, 6.07) is 12.9. The third kappa shape index (κ3) is 5.32. The number of morpholine rings is 1. The Kier molecular flexibility index (Phi) is 7.21. The molecular formula is C24H28N4O5. The molecule has 174 valence electrons. The molecule has 1 aliphatic rings. The Morgan fingerprint density at radius 2 is 1.79 bits per heavy atom. The van der Waals surface area contributed by atoms with E-state index in [0.717, 1.165) is 18.7 Å². The zero-order chi connectivity index (χ0) is 23.2. The van der Waals surface area contributed by atoms with Crippen LogP contribution in [0.4, 0.5) is 0 Å². The zero-order valence-electron chi connectivity index (χ0n) is 18.9. The van der Waals surface area contributed by atoms with E-state index in [2.05, 4.69) is 10.2 Å². The average Bonchev–Trinajstić information content (AvgIpc) is 2.85. The van der Waals surface area contributed by atoms with Gasteiger partial charge >= 0.3 is 0 Å². The first-order valence-electron chi connectivity index (χ1n) is 10.8. The highest BCUT2D eigenvalue weighted by atomic mass is 16.5. The van der Waals surface area contributed by atoms with Crippen molar-refractivity contribution < 1.29 is 19.0 Å². The number of hydrogen-bond acceptors (Lipinski definition) is 7. The summed E-state index contributed by atoms with van der Waals surface area (Å²) in [4.78, 5) is 33.2. The normalized spacial score (nSPS) is 14.2. The lowest BCUT2D eigenvalue weighted by atomic mass is 10.2. The molecule has 0 atom stereocenters. The molecule has 1 N–H and O–H groups in total. The molecule has 1 fully saturated rings. The second-order valence-corrected chi connectivity index (χ2v) is 7.79. The smallest absolute Gasteiger partial charge is 0.262 e. The molecule has 4 rings (SSSR count). The molecule has 9 heteroatoms. The zero-order valence-corrected chi connectivity index (χ0v) is 18.9. The van der Waals surface area contributed by atoms with Crippen LogP contribution in [0, 0.1) is 0 Å². The summed E-state index contributed by atoms with van der Waals surface area (Å²) in [5.74, 6) is 1.19. The standard InChI is InChI=1S/C24H28N4O5/c1-31-20-12-18-19(13-21(20)32-2)26-22(15-27-8-10-33-11-9-27)28(24(18)30)16-23(29)25-14-17-6-4-3-5-7-17/h3-7,12-13H,8-11,14-16H2,1-2H3,(H,25,29). The second-order valence-electron chi connectivity index (χ2n) is 7.79. The Morgan fingerprint density at radius 1 is 1.09 bits per heavy atom. The van der Waals surface area contributed by atoms with E-state index in [9.17, 15) is 9.59 Å². The number of carbonyl (C=O) groups excluding carboxylic acids is 1. The van der Waals surface area contributed by atoms with E-state index in [1.807, 2.05) is 30.3 Å². The highest BCUT2D eigenvalue weighted by molar-refractivity contribution is 5.82. The molecule has 9 nitrogen and oxygen atoms in total. The van der Waals surface area contributed by atoms with Crippen molar-refractivity contribution in [2.24, 2.45) is 0 Å². The van der Waals surface area contributed by atoms with Crippen LogP contribution in [0.25, 0.3) is 10.9 Å². The van der Waals surface area contributed by atoms with Crippen molar-refractivity contribution in [3.05, 3.63) is 64.2 Å². The first-order chi connectivity index (χ1) is 16.1. The molecule has 0 aliphatic carbocycles. The SMILES string of the molecule is COc1cc2nc(CN3CCOCC3)n(CC(=O)NCc3ccccc3)c(=O)c2cc1OC. The predicted molar refractivity (Wildman–Crippen MR) is 123 cm³/mol. The summed E-state index contributed by atoms with van der Waals surface area (Å²) in [6.07, 6.45) is 0. The van der Waals surface area contributed by atoms with E-state index >= 15 is 0 Å². The minimum absolute atomic E-state index is 0.122. The average molecular weight is 453 g/mol. The lowest BCUT2D eigenvalue weighted by Crippen LogP contribution is -2.39. The van der Waals surface area contributed by atoms with Gasteiger partial charge in [-0.3, -0.25) is 19.1 Å². The van der Waals surface area contributed by atoms with Gasteiger partial charge in [0, 0.05) is 25.7 Å². The Bertz CT molecular complexity index is 1170. The van der Waals surface area contributed by atoms with Crippen molar-refractivity contribution in [1.82, 2.24) is 19.8 Å². The number of fused-ring (bicyclic) bond motifs is 1. The molecule has 33 heavy (non-hydrogen) atoms. The summed E-state index contributed by atoms with van der Waals surface area (Å²) in [6.45, 7) is 3.43. The first-order valence-corrected chi connectivity index (χ1v) is 10.8. The van der Waals surface area contributed by atoms with Crippen LogP contribution in [0.15, 0.2) is 47.3 Å². The van der Waals surface area contributed by atoms with Crippen molar-refractivity contribution in [1.29, 1.82) is 0 Å². The molecule has 3 aromatic rings. The number of rotatable bonds is 8. The number of methoxy groups -OCH3 is 2. The van der Waals surface area contributed by atoms with Crippen LogP contribution in [-0.4, -0.2) is 60.9 Å². The summed E-state index contributed by atoms with van der Waals surface area (Å²) in [5, 5.41) is 3.26. The summed E-state index contributed by atoms with van der Waals surface area (Å²) >= 11 is 0. The minimum atomic E-state index is -0.293. The van der Waals surface area contributed by atoms with E-state index in [-0.39, 0.29) is 18.0 Å². The van der Waals surface area contributed by atoms with Crippen molar-refractivity contribution >= 4 is 16.8 Å². The monoisotopic (exact) mass is 452 g/mol. The topological polar surface area (TPSA) is 94.9 Å². The van der Waals surface area contributed by atoms with Crippen molar-refractivity contribution in [2.75, 3.05) is 40.5 Å². The van der Waals surface area contributed by atoms with Gasteiger partial charge in [-0.25, -0.2) is 4.98 Å². The van der Waals surface area contributed by atoms with E-state index < -0.39 is 0 Å². The molecule has 0 radical (unpaired) electrons. The van der Waals surface area contributed by atoms with Gasteiger partial charge in [0.15, 0.2) is 11.5 Å². The molecule has 0 bridgehead atoms. The number of hydrogen-bond donors (Lipinski definition) is 1. The molecular weight excluding hydrogens is 424 g/mol. The number of aromatic nitrogens is 2. The molecule has 2 heterocycles. The van der Waals surface area contributed by atoms with Gasteiger partial charge in [-0.1, -0.05) is 30.3 Å². The number of amides is 1. The summed E-state index contributed by atoms with van der Waals surface area (Å²) < 4.78 is 17.6. The lowest BCUT2D eigenvalue weighted by molar-refractivity contribution is -0.121. The Morgan fingerprint density at radius 3 is 2.48 bits per heavy atom. The maximum absolute atomic E-state index is 13.5. The minimum Gasteiger partial charge on any atom is -0.493 e. The fraction of sp³-hybridized carbons (Fsp3) is 0.375. The molecule has 1 aliphatic heterocycles. The first kappa shape index (κ1) is 22.8. The third-order valence-corrected chi connectivity index (χ3v) is 5.64. The summed E-state index contributed by atoms with van der Waals surface area (Å²) in [5.41, 5.74) is 1.20. The largest absolute Gasteiger partial charge is 0.493 e. The quantitative estimate of drug-likeness (QED) is 0.554. The van der Waals surface area contributed by atoms with Crippen molar-refractivity contribution in [2.45, 2.75) is 19.6 Å². The van der Waals surface area contributed by atoms with Gasteiger partial charge in [0.05, 0.1) is 44.9 Å². The Balaban J connectivity index is 1.67. The predicted octanol–water partition coefficient (Wildman–Crippen LogP) is 1.56.